The Bertz CT molecular complexity index is 463. The van der Waals surface area contributed by atoms with Crippen molar-refractivity contribution in [2.75, 3.05) is 0 Å². The van der Waals surface area contributed by atoms with Crippen LogP contribution in [0.1, 0.15) is 5.56 Å². The molecule has 2 rings (SSSR count). The predicted octanol–water partition coefficient (Wildman–Crippen LogP) is 4.56. The van der Waals surface area contributed by atoms with E-state index in [1.807, 2.05) is 25.1 Å². The first-order chi connectivity index (χ1) is 6.18. The van der Waals surface area contributed by atoms with E-state index in [4.69, 9.17) is 11.6 Å². The molecule has 66 valence electrons. The largest absolute Gasteiger partial charge is 0.0840 e. The molecule has 0 unspecified atom stereocenters. The van der Waals surface area contributed by atoms with E-state index in [2.05, 4.69) is 28.1 Å². The highest BCUT2D eigenvalue weighted by Crippen LogP contribution is 2.28. The van der Waals surface area contributed by atoms with Gasteiger partial charge in [-0.25, -0.2) is 0 Å². The van der Waals surface area contributed by atoms with Crippen molar-refractivity contribution in [2.45, 2.75) is 6.92 Å². The second-order valence-electron chi connectivity index (χ2n) is 3.06. The monoisotopic (exact) mass is 254 g/mol. The predicted molar refractivity (Wildman–Crippen MR) is 61.4 cm³/mol. The first-order valence-electron chi connectivity index (χ1n) is 4.03. The third-order valence-corrected chi connectivity index (χ3v) is 3.21. The minimum absolute atomic E-state index is 0.825. The summed E-state index contributed by atoms with van der Waals surface area (Å²) < 4.78 is 1.12. The molecule has 0 aliphatic carbocycles. The Balaban J connectivity index is 2.89. The zero-order valence-corrected chi connectivity index (χ0v) is 9.48. The number of aryl methyl sites for hydroxylation is 1. The molecule has 0 spiro atoms. The van der Waals surface area contributed by atoms with Crippen LogP contribution in [0.4, 0.5) is 0 Å². The normalized spacial score (nSPS) is 10.7. The quantitative estimate of drug-likeness (QED) is 0.647. The van der Waals surface area contributed by atoms with E-state index >= 15 is 0 Å². The molecular weight excluding hydrogens is 247 g/mol. The molecule has 0 saturated heterocycles. The summed E-state index contributed by atoms with van der Waals surface area (Å²) in [6, 6.07) is 10.2. The van der Waals surface area contributed by atoms with Gasteiger partial charge >= 0.3 is 0 Å². The van der Waals surface area contributed by atoms with Gasteiger partial charge in [0, 0.05) is 9.50 Å². The van der Waals surface area contributed by atoms with Gasteiger partial charge in [-0.3, -0.25) is 0 Å². The van der Waals surface area contributed by atoms with Crippen LogP contribution in [-0.4, -0.2) is 0 Å². The van der Waals surface area contributed by atoms with Crippen LogP contribution in [0.25, 0.3) is 10.8 Å². The van der Waals surface area contributed by atoms with Crippen LogP contribution < -0.4 is 0 Å². The maximum Gasteiger partial charge on any atom is 0.0441 e. The molecule has 0 aromatic heterocycles. The van der Waals surface area contributed by atoms with Gasteiger partial charge in [0.05, 0.1) is 0 Å². The van der Waals surface area contributed by atoms with E-state index in [0.717, 1.165) is 15.1 Å². The Hall–Kier alpha value is -0.530. The summed E-state index contributed by atoms with van der Waals surface area (Å²) in [7, 11) is 0. The number of fused-ring (bicyclic) bond motifs is 1. The fourth-order valence-electron chi connectivity index (χ4n) is 1.37. The van der Waals surface area contributed by atoms with Crippen molar-refractivity contribution in [3.05, 3.63) is 45.4 Å². The molecule has 2 aromatic rings. The molecule has 0 radical (unpaired) electrons. The van der Waals surface area contributed by atoms with Gasteiger partial charge in [-0.2, -0.15) is 0 Å². The summed E-state index contributed by atoms with van der Waals surface area (Å²) in [5, 5.41) is 3.21. The summed E-state index contributed by atoms with van der Waals surface area (Å²) in [5.74, 6) is 0. The lowest BCUT2D eigenvalue weighted by molar-refractivity contribution is 1.50. The molecule has 2 heteroatoms. The Labute approximate surface area is 90.6 Å². The van der Waals surface area contributed by atoms with Crippen molar-refractivity contribution in [3.63, 3.8) is 0 Å². The van der Waals surface area contributed by atoms with Gasteiger partial charge in [0.25, 0.3) is 0 Å². The zero-order valence-electron chi connectivity index (χ0n) is 7.14. The standard InChI is InChI=1S/C11H8BrCl/c1-7-5-9-8(6-11(7)13)3-2-4-10(9)12/h2-6H,1H3. The Kier molecular flexibility index (Phi) is 2.31. The molecule has 0 atom stereocenters. The summed E-state index contributed by atoms with van der Waals surface area (Å²) in [6.07, 6.45) is 0. The minimum Gasteiger partial charge on any atom is -0.0840 e. The van der Waals surface area contributed by atoms with Gasteiger partial charge in [0.2, 0.25) is 0 Å². The van der Waals surface area contributed by atoms with E-state index in [0.29, 0.717) is 0 Å². The highest BCUT2D eigenvalue weighted by atomic mass is 79.9. The van der Waals surface area contributed by atoms with E-state index < -0.39 is 0 Å². The molecule has 0 heterocycles. The SMILES string of the molecule is Cc1cc2c(Br)cccc2cc1Cl. The first-order valence-corrected chi connectivity index (χ1v) is 5.20. The number of rotatable bonds is 0. The van der Waals surface area contributed by atoms with Crippen molar-refractivity contribution in [1.82, 2.24) is 0 Å². The van der Waals surface area contributed by atoms with Crippen LogP contribution in [0.3, 0.4) is 0 Å². The van der Waals surface area contributed by atoms with E-state index in [-0.39, 0.29) is 0 Å². The molecular formula is C11H8BrCl. The average molecular weight is 256 g/mol. The number of hydrogen-bond acceptors (Lipinski definition) is 0. The first kappa shape index (κ1) is 9.04. The molecule has 0 amide bonds. The van der Waals surface area contributed by atoms with Crippen molar-refractivity contribution >= 4 is 38.3 Å². The second kappa shape index (κ2) is 3.32. The van der Waals surface area contributed by atoms with E-state index in [1.54, 1.807) is 0 Å². The van der Waals surface area contributed by atoms with Gasteiger partial charge < -0.3 is 0 Å². The minimum atomic E-state index is 0.825. The smallest absolute Gasteiger partial charge is 0.0441 e. The number of hydrogen-bond donors (Lipinski definition) is 0. The summed E-state index contributed by atoms with van der Waals surface area (Å²) in [4.78, 5) is 0. The van der Waals surface area contributed by atoms with Crippen molar-refractivity contribution < 1.29 is 0 Å². The Morgan fingerprint density at radius 3 is 2.77 bits per heavy atom. The van der Waals surface area contributed by atoms with Gasteiger partial charge in [0.1, 0.15) is 0 Å². The van der Waals surface area contributed by atoms with Gasteiger partial charge in [-0.1, -0.05) is 39.7 Å². The van der Waals surface area contributed by atoms with Crippen molar-refractivity contribution in [1.29, 1.82) is 0 Å². The molecule has 0 nitrogen and oxygen atoms in total. The lowest BCUT2D eigenvalue weighted by atomic mass is 10.1. The van der Waals surface area contributed by atoms with Crippen LogP contribution in [-0.2, 0) is 0 Å². The van der Waals surface area contributed by atoms with E-state index in [1.165, 1.54) is 10.8 Å². The lowest BCUT2D eigenvalue weighted by Gasteiger charge is -2.03. The number of halogens is 2. The summed E-state index contributed by atoms with van der Waals surface area (Å²) >= 11 is 9.54. The lowest BCUT2D eigenvalue weighted by Crippen LogP contribution is -1.78. The molecule has 0 bridgehead atoms. The molecule has 0 aliphatic rings. The van der Waals surface area contributed by atoms with Crippen molar-refractivity contribution in [3.8, 4) is 0 Å². The Morgan fingerprint density at radius 1 is 1.23 bits per heavy atom. The van der Waals surface area contributed by atoms with Crippen LogP contribution in [0.2, 0.25) is 5.02 Å². The topological polar surface area (TPSA) is 0 Å². The fourth-order valence-corrected chi connectivity index (χ4v) is 2.04. The number of benzene rings is 2. The maximum atomic E-state index is 6.02. The van der Waals surface area contributed by atoms with E-state index in [9.17, 15) is 0 Å². The second-order valence-corrected chi connectivity index (χ2v) is 4.32. The average Bonchev–Trinajstić information content (AvgIpc) is 2.09. The van der Waals surface area contributed by atoms with Crippen LogP contribution >= 0.6 is 27.5 Å². The van der Waals surface area contributed by atoms with Gasteiger partial charge in [-0.15, -0.1) is 0 Å². The Morgan fingerprint density at radius 2 is 2.00 bits per heavy atom. The summed E-state index contributed by atoms with van der Waals surface area (Å²) in [6.45, 7) is 2.02. The third kappa shape index (κ3) is 1.59. The van der Waals surface area contributed by atoms with Gasteiger partial charge in [-0.05, 0) is 41.5 Å². The molecule has 0 fully saturated rings. The molecule has 2 aromatic carbocycles. The molecule has 13 heavy (non-hydrogen) atoms. The highest BCUT2D eigenvalue weighted by Gasteiger charge is 2.01. The van der Waals surface area contributed by atoms with Crippen LogP contribution in [0.5, 0.6) is 0 Å². The fraction of sp³-hybridized carbons (Fsp3) is 0.0909. The summed E-state index contributed by atoms with van der Waals surface area (Å²) in [5.41, 5.74) is 1.11. The maximum absolute atomic E-state index is 6.02. The van der Waals surface area contributed by atoms with Crippen LogP contribution in [0.15, 0.2) is 34.8 Å². The zero-order chi connectivity index (χ0) is 9.42. The van der Waals surface area contributed by atoms with Crippen LogP contribution in [0, 0.1) is 6.92 Å². The highest BCUT2D eigenvalue weighted by molar-refractivity contribution is 9.10. The van der Waals surface area contributed by atoms with Crippen molar-refractivity contribution in [2.24, 2.45) is 0 Å². The molecule has 0 N–H and O–H groups in total. The third-order valence-electron chi connectivity index (χ3n) is 2.11. The van der Waals surface area contributed by atoms with Gasteiger partial charge in [0.15, 0.2) is 0 Å². The molecule has 0 aliphatic heterocycles. The molecule has 0 saturated carbocycles.